The zero-order valence-electron chi connectivity index (χ0n) is 13.4. The maximum absolute atomic E-state index is 12.6. The van der Waals surface area contributed by atoms with Crippen molar-refractivity contribution in [3.8, 4) is 0 Å². The molecule has 2 rings (SSSR count). The number of rotatable bonds is 4. The molecule has 1 aliphatic rings. The topological polar surface area (TPSA) is 66.7 Å². The Morgan fingerprint density at radius 1 is 1.27 bits per heavy atom. The smallest absolute Gasteiger partial charge is 0.273 e. The summed E-state index contributed by atoms with van der Waals surface area (Å²) in [5.74, 6) is 0.506. The van der Waals surface area contributed by atoms with Gasteiger partial charge in [0.05, 0.1) is 4.92 Å². The number of amides is 1. The van der Waals surface area contributed by atoms with Crippen molar-refractivity contribution in [2.24, 2.45) is 5.92 Å². The summed E-state index contributed by atoms with van der Waals surface area (Å²) in [7, 11) is 0. The molecule has 1 aromatic carbocycles. The zero-order chi connectivity index (χ0) is 16.3. The quantitative estimate of drug-likeness (QED) is 0.632. The Bertz CT molecular complexity index is 564. The maximum Gasteiger partial charge on any atom is 0.273 e. The molecule has 1 heterocycles. The number of hydrogen-bond donors (Lipinski definition) is 0. The van der Waals surface area contributed by atoms with Gasteiger partial charge in [0, 0.05) is 49.9 Å². The van der Waals surface area contributed by atoms with Crippen LogP contribution in [0, 0.1) is 23.0 Å². The average Bonchev–Trinajstić information content (AvgIpc) is 2.46. The van der Waals surface area contributed by atoms with Crippen molar-refractivity contribution in [3.63, 3.8) is 0 Å². The van der Waals surface area contributed by atoms with Crippen molar-refractivity contribution in [1.29, 1.82) is 0 Å². The van der Waals surface area contributed by atoms with Crippen LogP contribution < -0.4 is 0 Å². The highest BCUT2D eigenvalue weighted by molar-refractivity contribution is 5.96. The molecule has 1 fully saturated rings. The monoisotopic (exact) mass is 305 g/mol. The highest BCUT2D eigenvalue weighted by Crippen LogP contribution is 2.22. The first-order chi connectivity index (χ1) is 10.4. The standard InChI is InChI=1S/C16H23N3O3/c1-12(2)11-17-7-9-18(10-8-17)16(20)14-5-4-6-15(13(14)3)19(21)22/h4-6,12H,7-11H2,1-3H3. The van der Waals surface area contributed by atoms with Crippen molar-refractivity contribution >= 4 is 11.6 Å². The Kier molecular flexibility index (Phi) is 5.13. The van der Waals surface area contributed by atoms with Crippen LogP contribution in [0.15, 0.2) is 18.2 Å². The van der Waals surface area contributed by atoms with Crippen molar-refractivity contribution in [2.75, 3.05) is 32.7 Å². The largest absolute Gasteiger partial charge is 0.336 e. The first kappa shape index (κ1) is 16.4. The predicted molar refractivity (Wildman–Crippen MR) is 85.0 cm³/mol. The van der Waals surface area contributed by atoms with E-state index in [0.717, 1.165) is 19.6 Å². The zero-order valence-corrected chi connectivity index (χ0v) is 13.4. The van der Waals surface area contributed by atoms with Crippen LogP contribution in [0.1, 0.15) is 29.8 Å². The van der Waals surface area contributed by atoms with E-state index < -0.39 is 4.92 Å². The van der Waals surface area contributed by atoms with Gasteiger partial charge in [0.25, 0.3) is 11.6 Å². The van der Waals surface area contributed by atoms with E-state index in [1.54, 1.807) is 24.0 Å². The van der Waals surface area contributed by atoms with E-state index in [-0.39, 0.29) is 11.6 Å². The van der Waals surface area contributed by atoms with Crippen LogP contribution in [-0.4, -0.2) is 53.4 Å². The molecule has 0 bridgehead atoms. The summed E-state index contributed by atoms with van der Waals surface area (Å²) in [6, 6.07) is 4.69. The minimum absolute atomic E-state index is 0.00398. The van der Waals surface area contributed by atoms with Crippen LogP contribution in [0.2, 0.25) is 0 Å². The van der Waals surface area contributed by atoms with E-state index in [0.29, 0.717) is 30.1 Å². The molecule has 0 unspecified atom stereocenters. The summed E-state index contributed by atoms with van der Waals surface area (Å²) < 4.78 is 0. The number of piperazine rings is 1. The van der Waals surface area contributed by atoms with Gasteiger partial charge in [-0.3, -0.25) is 19.8 Å². The molecule has 1 amide bonds. The third-order valence-electron chi connectivity index (χ3n) is 4.02. The lowest BCUT2D eigenvalue weighted by Crippen LogP contribution is -2.49. The molecule has 6 nitrogen and oxygen atoms in total. The summed E-state index contributed by atoms with van der Waals surface area (Å²) >= 11 is 0. The fourth-order valence-corrected chi connectivity index (χ4v) is 2.87. The summed E-state index contributed by atoms with van der Waals surface area (Å²) in [6.45, 7) is 10.1. The van der Waals surface area contributed by atoms with Crippen molar-refractivity contribution in [3.05, 3.63) is 39.4 Å². The summed E-state index contributed by atoms with van der Waals surface area (Å²) in [6.07, 6.45) is 0. The van der Waals surface area contributed by atoms with E-state index in [4.69, 9.17) is 0 Å². The third-order valence-corrected chi connectivity index (χ3v) is 4.02. The molecule has 1 aliphatic heterocycles. The lowest BCUT2D eigenvalue weighted by atomic mass is 10.1. The Labute approximate surface area is 130 Å². The van der Waals surface area contributed by atoms with Crippen LogP contribution in [0.5, 0.6) is 0 Å². The first-order valence-corrected chi connectivity index (χ1v) is 7.65. The first-order valence-electron chi connectivity index (χ1n) is 7.65. The number of nitro groups is 1. The van der Waals surface area contributed by atoms with Crippen LogP contribution in [0.3, 0.4) is 0 Å². The van der Waals surface area contributed by atoms with Gasteiger partial charge in [-0.2, -0.15) is 0 Å². The molecule has 1 aromatic rings. The lowest BCUT2D eigenvalue weighted by Gasteiger charge is -2.35. The molecular weight excluding hydrogens is 282 g/mol. The normalized spacial score (nSPS) is 16.1. The van der Waals surface area contributed by atoms with Gasteiger partial charge in [-0.1, -0.05) is 19.9 Å². The van der Waals surface area contributed by atoms with E-state index in [9.17, 15) is 14.9 Å². The molecule has 0 aliphatic carbocycles. The minimum Gasteiger partial charge on any atom is -0.336 e. The van der Waals surface area contributed by atoms with Gasteiger partial charge in [-0.25, -0.2) is 0 Å². The van der Waals surface area contributed by atoms with Crippen molar-refractivity contribution in [1.82, 2.24) is 9.80 Å². The molecule has 0 spiro atoms. The number of hydrogen-bond acceptors (Lipinski definition) is 4. The molecule has 0 radical (unpaired) electrons. The minimum atomic E-state index is -0.438. The van der Waals surface area contributed by atoms with Gasteiger partial charge in [0.15, 0.2) is 0 Å². The van der Waals surface area contributed by atoms with Crippen molar-refractivity contribution in [2.45, 2.75) is 20.8 Å². The summed E-state index contributed by atoms with van der Waals surface area (Å²) in [5.41, 5.74) is 0.887. The Hall–Kier alpha value is -1.95. The van der Waals surface area contributed by atoms with Crippen LogP contribution in [-0.2, 0) is 0 Å². The van der Waals surface area contributed by atoms with Crippen LogP contribution in [0.25, 0.3) is 0 Å². The number of carbonyl (C=O) groups excluding carboxylic acids is 1. The molecule has 6 heteroatoms. The molecule has 1 saturated heterocycles. The second kappa shape index (κ2) is 6.87. The summed E-state index contributed by atoms with van der Waals surface area (Å²) in [4.78, 5) is 27.3. The second-order valence-electron chi connectivity index (χ2n) is 6.19. The fraction of sp³-hybridized carbons (Fsp3) is 0.562. The molecular formula is C16H23N3O3. The molecule has 120 valence electrons. The molecule has 22 heavy (non-hydrogen) atoms. The predicted octanol–water partition coefficient (Wildman–Crippen LogP) is 2.32. The van der Waals surface area contributed by atoms with Crippen LogP contribution in [0.4, 0.5) is 5.69 Å². The number of carbonyl (C=O) groups is 1. The molecule has 0 atom stereocenters. The van der Waals surface area contributed by atoms with Crippen LogP contribution >= 0.6 is 0 Å². The lowest BCUT2D eigenvalue weighted by molar-refractivity contribution is -0.385. The highest BCUT2D eigenvalue weighted by atomic mass is 16.6. The van der Waals surface area contributed by atoms with Gasteiger partial charge in [0.2, 0.25) is 0 Å². The van der Waals surface area contributed by atoms with Gasteiger partial charge in [-0.05, 0) is 18.9 Å². The maximum atomic E-state index is 12.6. The van der Waals surface area contributed by atoms with Gasteiger partial charge >= 0.3 is 0 Å². The molecule has 0 N–H and O–H groups in total. The van der Waals surface area contributed by atoms with Gasteiger partial charge in [0.1, 0.15) is 0 Å². The fourth-order valence-electron chi connectivity index (χ4n) is 2.87. The van der Waals surface area contributed by atoms with Crippen molar-refractivity contribution < 1.29 is 9.72 Å². The van der Waals surface area contributed by atoms with Gasteiger partial charge < -0.3 is 4.90 Å². The Morgan fingerprint density at radius 2 is 1.91 bits per heavy atom. The van der Waals surface area contributed by atoms with E-state index in [2.05, 4.69) is 18.7 Å². The number of nitro benzene ring substituents is 1. The number of nitrogens with zero attached hydrogens (tertiary/aromatic N) is 3. The third kappa shape index (κ3) is 3.62. The number of benzene rings is 1. The SMILES string of the molecule is Cc1c(C(=O)N2CCN(CC(C)C)CC2)cccc1[N+](=O)[O-]. The highest BCUT2D eigenvalue weighted by Gasteiger charge is 2.25. The Morgan fingerprint density at radius 3 is 2.45 bits per heavy atom. The summed E-state index contributed by atoms with van der Waals surface area (Å²) in [5, 5.41) is 11.0. The van der Waals surface area contributed by atoms with E-state index >= 15 is 0 Å². The van der Waals surface area contributed by atoms with E-state index in [1.165, 1.54) is 6.07 Å². The molecule has 0 saturated carbocycles. The van der Waals surface area contributed by atoms with Gasteiger partial charge in [-0.15, -0.1) is 0 Å². The second-order valence-corrected chi connectivity index (χ2v) is 6.19. The Balaban J connectivity index is 2.07. The van der Waals surface area contributed by atoms with E-state index in [1.807, 2.05) is 0 Å². The average molecular weight is 305 g/mol. The molecule has 0 aromatic heterocycles.